The lowest BCUT2D eigenvalue weighted by Gasteiger charge is -2.22. The zero-order chi connectivity index (χ0) is 25.6. The zero-order valence-corrected chi connectivity index (χ0v) is 19.0. The second-order valence-corrected chi connectivity index (χ2v) is 8.24. The molecule has 180 valence electrons. The lowest BCUT2D eigenvalue weighted by molar-refractivity contribution is 0.0940. The van der Waals surface area contributed by atoms with Crippen molar-refractivity contribution in [3.8, 4) is 18.0 Å². The van der Waals surface area contributed by atoms with Gasteiger partial charge in [-0.3, -0.25) is 14.2 Å². The third kappa shape index (κ3) is 3.67. The number of carbonyl (C=O) groups excluding carboxylic acids is 1. The third-order valence-corrected chi connectivity index (χ3v) is 5.98. The van der Waals surface area contributed by atoms with Gasteiger partial charge in [-0.25, -0.2) is 13.5 Å². The van der Waals surface area contributed by atoms with Crippen LogP contribution in [-0.2, 0) is 0 Å². The molecule has 1 aliphatic rings. The maximum atomic E-state index is 14.2. The van der Waals surface area contributed by atoms with Crippen molar-refractivity contribution in [1.29, 1.82) is 0 Å². The molecule has 8 nitrogen and oxygen atoms in total. The quantitative estimate of drug-likeness (QED) is 0.383. The van der Waals surface area contributed by atoms with Gasteiger partial charge < -0.3 is 16.4 Å². The van der Waals surface area contributed by atoms with E-state index in [4.69, 9.17) is 12.2 Å². The van der Waals surface area contributed by atoms with E-state index in [0.717, 1.165) is 12.1 Å². The van der Waals surface area contributed by atoms with Gasteiger partial charge in [0.2, 0.25) is 0 Å². The molecule has 1 aliphatic heterocycles. The summed E-state index contributed by atoms with van der Waals surface area (Å²) < 4.78 is 30.5. The van der Waals surface area contributed by atoms with Crippen molar-refractivity contribution >= 4 is 34.5 Å². The van der Waals surface area contributed by atoms with Gasteiger partial charge in [0.05, 0.1) is 17.1 Å². The molecule has 0 fully saturated rings. The number of amides is 1. The van der Waals surface area contributed by atoms with Crippen molar-refractivity contribution in [1.82, 2.24) is 19.7 Å². The van der Waals surface area contributed by atoms with Gasteiger partial charge >= 0.3 is 0 Å². The standard InChI is InChI=1S/C26H20F2N6O2/c1-3-15-6-4-7-16-12-20(34(26(36)21(15)16)17-8-9-18(27)19(28)13-17)14(2)31-25(35)22-23(29)32-33-11-5-10-30-24(22)33/h1,4-9,11-14,30H,10H2,2H3,(H2,29,32)(H,31,35). The molecular formula is C26H20F2N6O2. The summed E-state index contributed by atoms with van der Waals surface area (Å²) in [6.45, 7) is 2.16. The van der Waals surface area contributed by atoms with E-state index in [9.17, 15) is 18.4 Å². The molecule has 0 spiro atoms. The highest BCUT2D eigenvalue weighted by molar-refractivity contribution is 6.04. The van der Waals surface area contributed by atoms with Gasteiger partial charge in [0.1, 0.15) is 11.4 Å². The van der Waals surface area contributed by atoms with Crippen LogP contribution in [0.15, 0.2) is 53.3 Å². The monoisotopic (exact) mass is 486 g/mol. The first kappa shape index (κ1) is 22.9. The predicted octanol–water partition coefficient (Wildman–Crippen LogP) is 3.42. The van der Waals surface area contributed by atoms with Crippen molar-refractivity contribution in [3.05, 3.63) is 87.3 Å². The molecule has 1 unspecified atom stereocenters. The fourth-order valence-corrected chi connectivity index (χ4v) is 4.32. The van der Waals surface area contributed by atoms with Crippen molar-refractivity contribution in [3.63, 3.8) is 0 Å². The lowest BCUT2D eigenvalue weighted by atomic mass is 10.0. The molecule has 4 aromatic rings. The zero-order valence-electron chi connectivity index (χ0n) is 19.0. The van der Waals surface area contributed by atoms with Crippen LogP contribution in [-0.4, -0.2) is 26.8 Å². The van der Waals surface area contributed by atoms with E-state index in [1.54, 1.807) is 37.4 Å². The smallest absolute Gasteiger partial charge is 0.264 e. The van der Waals surface area contributed by atoms with Crippen molar-refractivity contribution in [2.75, 3.05) is 17.6 Å². The lowest BCUT2D eigenvalue weighted by Crippen LogP contribution is -2.33. The molecule has 10 heteroatoms. The number of nitrogen functional groups attached to an aromatic ring is 1. The minimum atomic E-state index is -1.12. The summed E-state index contributed by atoms with van der Waals surface area (Å²) in [6, 6.07) is 9.11. The van der Waals surface area contributed by atoms with Crippen LogP contribution in [0.3, 0.4) is 0 Å². The Balaban J connectivity index is 1.65. The normalized spacial score (nSPS) is 13.1. The number of hydrogen-bond donors (Lipinski definition) is 3. The summed E-state index contributed by atoms with van der Waals surface area (Å²) >= 11 is 0. The highest BCUT2D eigenvalue weighted by Gasteiger charge is 2.26. The van der Waals surface area contributed by atoms with Gasteiger partial charge in [-0.05, 0) is 42.7 Å². The molecule has 0 aliphatic carbocycles. The SMILES string of the molecule is C#Cc1cccc2cc(C(C)NC(=O)c3c(N)nn4c3NCC=C4)n(-c3ccc(F)c(F)c3)c(=O)c12. The predicted molar refractivity (Wildman–Crippen MR) is 134 cm³/mol. The Labute approximate surface area is 204 Å². The van der Waals surface area contributed by atoms with Crippen molar-refractivity contribution < 1.29 is 13.6 Å². The summed E-state index contributed by atoms with van der Waals surface area (Å²) in [4.78, 5) is 26.9. The van der Waals surface area contributed by atoms with E-state index in [-0.39, 0.29) is 22.5 Å². The molecule has 0 radical (unpaired) electrons. The number of halogens is 2. The average molecular weight is 486 g/mol. The number of hydrogen-bond acceptors (Lipinski definition) is 5. The van der Waals surface area contributed by atoms with Gasteiger partial charge in [-0.2, -0.15) is 0 Å². The van der Waals surface area contributed by atoms with E-state index >= 15 is 0 Å². The third-order valence-electron chi connectivity index (χ3n) is 5.98. The Hall–Kier alpha value is -4.91. The maximum absolute atomic E-state index is 14.2. The summed E-state index contributed by atoms with van der Waals surface area (Å²) in [7, 11) is 0. The van der Waals surface area contributed by atoms with Gasteiger partial charge in [-0.1, -0.05) is 18.1 Å². The molecule has 3 heterocycles. The maximum Gasteiger partial charge on any atom is 0.264 e. The second kappa shape index (κ2) is 8.70. The Morgan fingerprint density at radius 1 is 1.25 bits per heavy atom. The molecule has 0 saturated carbocycles. The van der Waals surface area contributed by atoms with E-state index < -0.39 is 29.1 Å². The van der Waals surface area contributed by atoms with Crippen molar-refractivity contribution in [2.24, 2.45) is 0 Å². The molecule has 2 aromatic carbocycles. The molecular weight excluding hydrogens is 466 g/mol. The first-order chi connectivity index (χ1) is 17.3. The summed E-state index contributed by atoms with van der Waals surface area (Å²) in [5.74, 6) is 0.268. The highest BCUT2D eigenvalue weighted by Crippen LogP contribution is 2.27. The number of nitrogens with zero attached hydrogens (tertiary/aromatic N) is 3. The number of aromatic nitrogens is 3. The number of pyridine rings is 1. The van der Waals surface area contributed by atoms with Crippen LogP contribution in [0.4, 0.5) is 20.4 Å². The van der Waals surface area contributed by atoms with Gasteiger partial charge in [0.25, 0.3) is 11.5 Å². The number of nitrogens with one attached hydrogen (secondary N) is 2. The van der Waals surface area contributed by atoms with Crippen LogP contribution < -0.4 is 21.9 Å². The largest absolute Gasteiger partial charge is 0.381 e. The van der Waals surface area contributed by atoms with Gasteiger partial charge in [-0.15, -0.1) is 11.5 Å². The number of nitrogens with two attached hydrogens (primary N) is 1. The molecule has 1 atom stereocenters. The Bertz CT molecular complexity index is 1680. The number of fused-ring (bicyclic) bond motifs is 2. The molecule has 5 rings (SSSR count). The van der Waals surface area contributed by atoms with Crippen LogP contribution >= 0.6 is 0 Å². The number of terminal acetylenes is 1. The van der Waals surface area contributed by atoms with E-state index in [0.29, 0.717) is 29.0 Å². The van der Waals surface area contributed by atoms with Crippen LogP contribution in [0.2, 0.25) is 0 Å². The first-order valence-corrected chi connectivity index (χ1v) is 11.0. The fourth-order valence-electron chi connectivity index (χ4n) is 4.32. The van der Waals surface area contributed by atoms with Gasteiger partial charge in [0.15, 0.2) is 17.5 Å². The average Bonchev–Trinajstić information content (AvgIpc) is 3.21. The Kier molecular flexibility index (Phi) is 5.53. The Morgan fingerprint density at radius 3 is 2.81 bits per heavy atom. The van der Waals surface area contributed by atoms with Crippen molar-refractivity contribution in [2.45, 2.75) is 13.0 Å². The summed E-state index contributed by atoms with van der Waals surface area (Å²) in [5.41, 5.74) is 6.39. The van der Waals surface area contributed by atoms with Gasteiger partial charge in [0, 0.05) is 30.1 Å². The minimum Gasteiger partial charge on any atom is -0.381 e. The molecule has 4 N–H and O–H groups in total. The van der Waals surface area contributed by atoms with E-state index in [1.165, 1.54) is 15.3 Å². The molecule has 0 saturated heterocycles. The topological polar surface area (TPSA) is 107 Å². The number of rotatable bonds is 4. The molecule has 1 amide bonds. The van der Waals surface area contributed by atoms with Crippen LogP contribution in [0, 0.1) is 24.0 Å². The van der Waals surface area contributed by atoms with E-state index in [2.05, 4.69) is 21.7 Å². The first-order valence-electron chi connectivity index (χ1n) is 11.0. The number of benzene rings is 2. The Morgan fingerprint density at radius 2 is 2.06 bits per heavy atom. The minimum absolute atomic E-state index is 0.0314. The summed E-state index contributed by atoms with van der Waals surface area (Å²) in [6.07, 6.45) is 9.12. The van der Waals surface area contributed by atoms with E-state index in [1.807, 2.05) is 6.08 Å². The second-order valence-electron chi connectivity index (χ2n) is 8.24. The van der Waals surface area contributed by atoms with Crippen LogP contribution in [0.25, 0.3) is 22.7 Å². The number of carbonyl (C=O) groups is 1. The van der Waals surface area contributed by atoms with Crippen LogP contribution in [0.5, 0.6) is 0 Å². The molecule has 2 aromatic heterocycles. The summed E-state index contributed by atoms with van der Waals surface area (Å²) in [5, 5.41) is 10.8. The van der Waals surface area contributed by atoms with Crippen LogP contribution in [0.1, 0.15) is 34.6 Å². The molecule has 36 heavy (non-hydrogen) atoms. The fraction of sp³-hybridized carbons (Fsp3) is 0.115. The molecule has 0 bridgehead atoms. The highest BCUT2D eigenvalue weighted by atomic mass is 19.2. The number of anilines is 2.